The Morgan fingerprint density at radius 2 is 2.22 bits per heavy atom. The van der Waals surface area contributed by atoms with Crippen LogP contribution in [-0.4, -0.2) is 30.4 Å². The molecule has 0 amide bonds. The molecule has 0 aliphatic rings. The summed E-state index contributed by atoms with van der Waals surface area (Å²) in [6.07, 6.45) is 1.36. The maximum Gasteiger partial charge on any atom is 0.262 e. The monoisotopic (exact) mass is 243 g/mol. The lowest BCUT2D eigenvalue weighted by atomic mass is 10.1. The molecular formula is C11H9N5O2. The average Bonchev–Trinajstić information content (AvgIpc) is 2.99. The third-order valence-electron chi connectivity index (χ3n) is 2.44. The van der Waals surface area contributed by atoms with Crippen LogP contribution in [-0.2, 0) is 0 Å². The zero-order valence-corrected chi connectivity index (χ0v) is 9.45. The molecule has 7 nitrogen and oxygen atoms in total. The van der Waals surface area contributed by atoms with E-state index in [2.05, 4.69) is 25.3 Å². The van der Waals surface area contributed by atoms with E-state index in [1.165, 1.54) is 6.33 Å². The zero-order valence-electron chi connectivity index (χ0n) is 9.45. The summed E-state index contributed by atoms with van der Waals surface area (Å²) in [4.78, 5) is 8.06. The number of rotatable bonds is 2. The van der Waals surface area contributed by atoms with Crippen molar-refractivity contribution >= 4 is 0 Å². The Kier molecular flexibility index (Phi) is 2.30. The average molecular weight is 243 g/mol. The summed E-state index contributed by atoms with van der Waals surface area (Å²) >= 11 is 0. The van der Waals surface area contributed by atoms with Gasteiger partial charge in [0.15, 0.2) is 5.82 Å². The highest BCUT2D eigenvalue weighted by Gasteiger charge is 2.15. The molecule has 2 aromatic heterocycles. The summed E-state index contributed by atoms with van der Waals surface area (Å²) in [6.45, 7) is 1.89. The van der Waals surface area contributed by atoms with Crippen molar-refractivity contribution in [1.82, 2.24) is 25.3 Å². The van der Waals surface area contributed by atoms with E-state index in [4.69, 9.17) is 4.52 Å². The third kappa shape index (κ3) is 1.71. The molecule has 90 valence electrons. The fourth-order valence-electron chi connectivity index (χ4n) is 1.56. The molecule has 2 N–H and O–H groups in total. The number of nitrogens with one attached hydrogen (secondary N) is 1. The van der Waals surface area contributed by atoms with Gasteiger partial charge in [-0.2, -0.15) is 10.1 Å². The molecule has 18 heavy (non-hydrogen) atoms. The smallest absolute Gasteiger partial charge is 0.262 e. The molecule has 7 heteroatoms. The second-order valence-electron chi connectivity index (χ2n) is 3.78. The van der Waals surface area contributed by atoms with E-state index in [-0.39, 0.29) is 11.6 Å². The molecule has 0 aliphatic heterocycles. The van der Waals surface area contributed by atoms with E-state index in [9.17, 15) is 5.11 Å². The summed E-state index contributed by atoms with van der Waals surface area (Å²) in [5.41, 5.74) is 1.44. The first-order valence-corrected chi connectivity index (χ1v) is 5.23. The minimum atomic E-state index is 0.0998. The number of H-pyrrole nitrogens is 1. The van der Waals surface area contributed by atoms with E-state index >= 15 is 0 Å². The second kappa shape index (κ2) is 3.95. The van der Waals surface area contributed by atoms with E-state index < -0.39 is 0 Å². The Morgan fingerprint density at radius 1 is 1.33 bits per heavy atom. The molecule has 3 rings (SSSR count). The Bertz CT molecular complexity index is 675. The number of nitrogens with zero attached hydrogens (tertiary/aromatic N) is 4. The first kappa shape index (κ1) is 10.5. The summed E-state index contributed by atoms with van der Waals surface area (Å²) in [5, 5.41) is 19.9. The van der Waals surface area contributed by atoms with Crippen molar-refractivity contribution in [1.29, 1.82) is 0 Å². The first-order chi connectivity index (χ1) is 8.74. The minimum Gasteiger partial charge on any atom is -0.507 e. The molecular weight excluding hydrogens is 234 g/mol. The van der Waals surface area contributed by atoms with E-state index in [0.29, 0.717) is 17.2 Å². The van der Waals surface area contributed by atoms with Crippen LogP contribution in [0.4, 0.5) is 0 Å². The first-order valence-electron chi connectivity index (χ1n) is 5.23. The van der Waals surface area contributed by atoms with Gasteiger partial charge in [0.1, 0.15) is 12.1 Å². The van der Waals surface area contributed by atoms with Crippen LogP contribution in [0.5, 0.6) is 5.75 Å². The third-order valence-corrected chi connectivity index (χ3v) is 2.44. The number of benzene rings is 1. The number of hydrogen-bond acceptors (Lipinski definition) is 6. The quantitative estimate of drug-likeness (QED) is 0.707. The SMILES string of the molecule is Cc1ccc(-c2nc(-c3ncn[nH]3)no2)c(O)c1. The van der Waals surface area contributed by atoms with Crippen LogP contribution in [0, 0.1) is 6.92 Å². The highest BCUT2D eigenvalue weighted by atomic mass is 16.5. The van der Waals surface area contributed by atoms with Crippen LogP contribution in [0.15, 0.2) is 29.0 Å². The molecule has 0 radical (unpaired) electrons. The molecule has 0 atom stereocenters. The van der Waals surface area contributed by atoms with Gasteiger partial charge < -0.3 is 9.63 Å². The van der Waals surface area contributed by atoms with Gasteiger partial charge in [-0.15, -0.1) is 0 Å². The number of hydrogen-bond donors (Lipinski definition) is 2. The van der Waals surface area contributed by atoms with Crippen molar-refractivity contribution in [3.05, 3.63) is 30.1 Å². The van der Waals surface area contributed by atoms with E-state index in [1.54, 1.807) is 12.1 Å². The largest absolute Gasteiger partial charge is 0.507 e. The molecule has 0 unspecified atom stereocenters. The number of aromatic amines is 1. The summed E-state index contributed by atoms with van der Waals surface area (Å²) in [5.74, 6) is 1.04. The van der Waals surface area contributed by atoms with Crippen molar-refractivity contribution in [3.8, 4) is 28.9 Å². The van der Waals surface area contributed by atoms with Gasteiger partial charge in [0.2, 0.25) is 5.82 Å². The van der Waals surface area contributed by atoms with Crippen LogP contribution in [0.2, 0.25) is 0 Å². The number of aryl methyl sites for hydroxylation is 1. The molecule has 1 aromatic carbocycles. The van der Waals surface area contributed by atoms with Crippen LogP contribution in [0.1, 0.15) is 5.56 Å². The van der Waals surface area contributed by atoms with Crippen molar-refractivity contribution in [2.24, 2.45) is 0 Å². The highest BCUT2D eigenvalue weighted by Crippen LogP contribution is 2.29. The number of aromatic hydroxyl groups is 1. The zero-order chi connectivity index (χ0) is 12.5. The fourth-order valence-corrected chi connectivity index (χ4v) is 1.56. The van der Waals surface area contributed by atoms with Gasteiger partial charge in [-0.25, -0.2) is 4.98 Å². The Morgan fingerprint density at radius 3 is 2.94 bits per heavy atom. The molecule has 0 saturated carbocycles. The fraction of sp³-hybridized carbons (Fsp3) is 0.0909. The molecule has 0 saturated heterocycles. The normalized spacial score (nSPS) is 10.7. The molecule has 0 spiro atoms. The maximum absolute atomic E-state index is 9.82. The van der Waals surface area contributed by atoms with Gasteiger partial charge in [0.05, 0.1) is 5.56 Å². The standard InChI is InChI=1S/C11H9N5O2/c1-6-2-3-7(8(17)4-6)11-14-10(16-18-11)9-12-5-13-15-9/h2-5,17H,1H3,(H,12,13,15). The van der Waals surface area contributed by atoms with Crippen molar-refractivity contribution < 1.29 is 9.63 Å². The maximum atomic E-state index is 9.82. The van der Waals surface area contributed by atoms with Gasteiger partial charge >= 0.3 is 0 Å². The van der Waals surface area contributed by atoms with Crippen molar-refractivity contribution in [3.63, 3.8) is 0 Å². The molecule has 3 aromatic rings. The predicted octanol–water partition coefficient (Wildman–Crippen LogP) is 1.54. The van der Waals surface area contributed by atoms with Gasteiger partial charge in [-0.05, 0) is 24.6 Å². The Balaban J connectivity index is 2.03. The van der Waals surface area contributed by atoms with Gasteiger partial charge in [0, 0.05) is 0 Å². The second-order valence-corrected chi connectivity index (χ2v) is 3.78. The number of phenolic OH excluding ortho intramolecular Hbond substituents is 1. The Hall–Kier alpha value is -2.70. The summed E-state index contributed by atoms with van der Waals surface area (Å²) < 4.78 is 5.09. The molecule has 2 heterocycles. The molecule has 0 fully saturated rings. The number of phenols is 1. The minimum absolute atomic E-state index is 0.0998. The van der Waals surface area contributed by atoms with E-state index in [0.717, 1.165) is 5.56 Å². The van der Waals surface area contributed by atoms with Gasteiger partial charge in [-0.1, -0.05) is 11.2 Å². The summed E-state index contributed by atoms with van der Waals surface area (Å²) in [7, 11) is 0. The Labute approximate surface area is 102 Å². The van der Waals surface area contributed by atoms with Crippen LogP contribution < -0.4 is 0 Å². The predicted molar refractivity (Wildman–Crippen MR) is 61.5 cm³/mol. The molecule has 0 bridgehead atoms. The van der Waals surface area contributed by atoms with Crippen LogP contribution >= 0.6 is 0 Å². The summed E-state index contributed by atoms with van der Waals surface area (Å²) in [6, 6.07) is 5.21. The highest BCUT2D eigenvalue weighted by molar-refractivity contribution is 5.64. The van der Waals surface area contributed by atoms with E-state index in [1.807, 2.05) is 13.0 Å². The molecule has 0 aliphatic carbocycles. The lowest BCUT2D eigenvalue weighted by Gasteiger charge is -1.99. The van der Waals surface area contributed by atoms with Gasteiger partial charge in [0.25, 0.3) is 5.89 Å². The lowest BCUT2D eigenvalue weighted by molar-refractivity contribution is 0.425. The topological polar surface area (TPSA) is 101 Å². The van der Waals surface area contributed by atoms with Crippen LogP contribution in [0.25, 0.3) is 23.1 Å². The van der Waals surface area contributed by atoms with Crippen molar-refractivity contribution in [2.45, 2.75) is 6.92 Å². The van der Waals surface area contributed by atoms with Gasteiger partial charge in [-0.3, -0.25) is 5.10 Å². The lowest BCUT2D eigenvalue weighted by Crippen LogP contribution is -1.84. The van der Waals surface area contributed by atoms with Crippen molar-refractivity contribution in [2.75, 3.05) is 0 Å². The van der Waals surface area contributed by atoms with Crippen LogP contribution in [0.3, 0.4) is 0 Å². The number of aromatic nitrogens is 5.